The van der Waals surface area contributed by atoms with E-state index in [0.717, 1.165) is 48.8 Å². The molecule has 0 radical (unpaired) electrons. The van der Waals surface area contributed by atoms with E-state index < -0.39 is 11.6 Å². The van der Waals surface area contributed by atoms with Crippen molar-refractivity contribution >= 4 is 16.8 Å². The van der Waals surface area contributed by atoms with E-state index >= 15 is 0 Å². The van der Waals surface area contributed by atoms with Crippen LogP contribution in [0.4, 0.5) is 8.78 Å². The van der Waals surface area contributed by atoms with Crippen molar-refractivity contribution in [2.45, 2.75) is 58.5 Å². The maximum absolute atomic E-state index is 15.0. The predicted molar refractivity (Wildman–Crippen MR) is 143 cm³/mol. The van der Waals surface area contributed by atoms with Gasteiger partial charge >= 0.3 is 0 Å². The number of ether oxygens (including phenoxy) is 2. The highest BCUT2D eigenvalue weighted by atomic mass is 19.2. The molecule has 3 rings (SSSR count). The van der Waals surface area contributed by atoms with Crippen molar-refractivity contribution in [2.75, 3.05) is 13.2 Å². The normalized spacial score (nSPS) is 12.3. The van der Waals surface area contributed by atoms with Crippen molar-refractivity contribution in [3.63, 3.8) is 0 Å². The molecule has 0 saturated heterocycles. The molecule has 35 heavy (non-hydrogen) atoms. The Morgan fingerprint density at radius 2 is 1.74 bits per heavy atom. The van der Waals surface area contributed by atoms with Gasteiger partial charge in [0.25, 0.3) is 0 Å². The van der Waals surface area contributed by atoms with Crippen LogP contribution in [0.5, 0.6) is 5.75 Å². The second-order valence-corrected chi connectivity index (χ2v) is 8.88. The van der Waals surface area contributed by atoms with E-state index in [2.05, 4.69) is 20.4 Å². The molecule has 0 heterocycles. The van der Waals surface area contributed by atoms with Crippen LogP contribution in [0, 0.1) is 11.6 Å². The lowest BCUT2D eigenvalue weighted by molar-refractivity contribution is 0.0566. The molecule has 0 bridgehead atoms. The Morgan fingerprint density at radius 1 is 0.943 bits per heavy atom. The van der Waals surface area contributed by atoms with Crippen LogP contribution < -0.4 is 4.74 Å². The van der Waals surface area contributed by atoms with Crippen LogP contribution in [0.15, 0.2) is 67.3 Å². The van der Waals surface area contributed by atoms with Crippen molar-refractivity contribution in [2.24, 2.45) is 0 Å². The first-order valence-corrected chi connectivity index (χ1v) is 12.6. The largest absolute Gasteiger partial charge is 0.490 e. The van der Waals surface area contributed by atoms with E-state index in [1.165, 1.54) is 12.8 Å². The van der Waals surface area contributed by atoms with Crippen LogP contribution in [-0.4, -0.2) is 19.3 Å². The van der Waals surface area contributed by atoms with Gasteiger partial charge in [-0.2, -0.15) is 0 Å². The zero-order valence-electron chi connectivity index (χ0n) is 20.9. The fourth-order valence-corrected chi connectivity index (χ4v) is 4.01. The average molecular weight is 479 g/mol. The predicted octanol–water partition coefficient (Wildman–Crippen LogP) is 9.13. The average Bonchev–Trinajstić information content (AvgIpc) is 2.87. The third kappa shape index (κ3) is 7.76. The maximum Gasteiger partial charge on any atom is 0.167 e. The molecule has 4 heteroatoms. The van der Waals surface area contributed by atoms with E-state index in [4.69, 9.17) is 9.47 Å². The first-order chi connectivity index (χ1) is 17.0. The Bertz CT molecular complexity index is 1140. The topological polar surface area (TPSA) is 18.5 Å². The Labute approximate surface area is 208 Å². The van der Waals surface area contributed by atoms with Crippen molar-refractivity contribution in [3.05, 3.63) is 84.5 Å². The SMILES string of the molecule is C=CCOc1ccc2cc(-c3ccc(C=CCCCC(C)OCCCCC)c(F)c3F)ccc2c1. The summed E-state index contributed by atoms with van der Waals surface area (Å²) in [5.41, 5.74) is 1.15. The Kier molecular flexibility index (Phi) is 10.5. The lowest BCUT2D eigenvalue weighted by atomic mass is 9.99. The minimum absolute atomic E-state index is 0.224. The summed E-state index contributed by atoms with van der Waals surface area (Å²) < 4.78 is 41.1. The summed E-state index contributed by atoms with van der Waals surface area (Å²) in [6.07, 6.45) is 11.7. The molecular formula is C31H36F2O2. The lowest BCUT2D eigenvalue weighted by Gasteiger charge is -2.12. The maximum atomic E-state index is 15.0. The van der Waals surface area contributed by atoms with Crippen LogP contribution in [-0.2, 0) is 4.74 Å². The minimum Gasteiger partial charge on any atom is -0.490 e. The highest BCUT2D eigenvalue weighted by Gasteiger charge is 2.14. The van der Waals surface area contributed by atoms with Crippen LogP contribution in [0.25, 0.3) is 28.0 Å². The number of hydrogen-bond donors (Lipinski definition) is 0. The summed E-state index contributed by atoms with van der Waals surface area (Å²) in [7, 11) is 0. The van der Waals surface area contributed by atoms with E-state index in [1.807, 2.05) is 36.4 Å². The fourth-order valence-electron chi connectivity index (χ4n) is 4.01. The van der Waals surface area contributed by atoms with Crippen molar-refractivity contribution < 1.29 is 18.3 Å². The molecule has 3 aromatic rings. The highest BCUT2D eigenvalue weighted by molar-refractivity contribution is 5.88. The summed E-state index contributed by atoms with van der Waals surface area (Å²) in [5.74, 6) is -0.904. The molecule has 0 aliphatic rings. The summed E-state index contributed by atoms with van der Waals surface area (Å²) >= 11 is 0. The Balaban J connectivity index is 1.61. The van der Waals surface area contributed by atoms with Crippen molar-refractivity contribution in [3.8, 4) is 16.9 Å². The van der Waals surface area contributed by atoms with Crippen molar-refractivity contribution in [1.82, 2.24) is 0 Å². The van der Waals surface area contributed by atoms with Gasteiger partial charge in [-0.25, -0.2) is 8.78 Å². The van der Waals surface area contributed by atoms with Gasteiger partial charge in [0.1, 0.15) is 12.4 Å². The van der Waals surface area contributed by atoms with E-state index in [9.17, 15) is 8.78 Å². The summed E-state index contributed by atoms with van der Waals surface area (Å²) in [6.45, 7) is 9.16. The molecule has 0 amide bonds. The third-order valence-corrected chi connectivity index (χ3v) is 6.03. The zero-order valence-corrected chi connectivity index (χ0v) is 20.9. The fraction of sp³-hybridized carbons (Fsp3) is 0.355. The summed E-state index contributed by atoms with van der Waals surface area (Å²) in [4.78, 5) is 0. The number of hydrogen-bond acceptors (Lipinski definition) is 2. The Morgan fingerprint density at radius 3 is 2.54 bits per heavy atom. The summed E-state index contributed by atoms with van der Waals surface area (Å²) in [5, 5.41) is 1.90. The second-order valence-electron chi connectivity index (χ2n) is 8.88. The molecule has 0 aliphatic heterocycles. The molecule has 0 spiro atoms. The van der Waals surface area contributed by atoms with Gasteiger partial charge in [0.2, 0.25) is 0 Å². The van der Waals surface area contributed by atoms with Gasteiger partial charge in [0.05, 0.1) is 6.10 Å². The second kappa shape index (κ2) is 13.8. The molecule has 0 saturated carbocycles. The standard InChI is InChI=1S/C31H36F2O2/c1-4-6-10-20-34-23(3)11-8-7-9-12-24-16-18-29(31(33)30(24)32)27-14-13-26-22-28(35-19-5-2)17-15-25(26)21-27/h5,9,12-18,21-23H,2,4,6-8,10-11,19-20H2,1,3H3. The Hall–Kier alpha value is -2.98. The lowest BCUT2D eigenvalue weighted by Crippen LogP contribution is -2.08. The van der Waals surface area contributed by atoms with Gasteiger partial charge in [-0.15, -0.1) is 0 Å². The van der Waals surface area contributed by atoms with Crippen LogP contribution >= 0.6 is 0 Å². The van der Waals surface area contributed by atoms with Crippen LogP contribution in [0.2, 0.25) is 0 Å². The van der Waals surface area contributed by atoms with E-state index in [-0.39, 0.29) is 17.2 Å². The van der Waals surface area contributed by atoms with E-state index in [1.54, 1.807) is 30.4 Å². The number of benzene rings is 3. The molecule has 186 valence electrons. The molecular weight excluding hydrogens is 442 g/mol. The van der Waals surface area contributed by atoms with Gasteiger partial charge in [0.15, 0.2) is 11.6 Å². The van der Waals surface area contributed by atoms with Gasteiger partial charge < -0.3 is 9.47 Å². The quantitative estimate of drug-likeness (QED) is 0.170. The molecule has 0 N–H and O–H groups in total. The first-order valence-electron chi connectivity index (χ1n) is 12.6. The van der Waals surface area contributed by atoms with Gasteiger partial charge in [-0.3, -0.25) is 0 Å². The molecule has 1 atom stereocenters. The van der Waals surface area contributed by atoms with Gasteiger partial charge in [0, 0.05) is 17.7 Å². The van der Waals surface area contributed by atoms with Gasteiger partial charge in [-0.05, 0) is 67.1 Å². The summed E-state index contributed by atoms with van der Waals surface area (Å²) in [6, 6.07) is 14.6. The highest BCUT2D eigenvalue weighted by Crippen LogP contribution is 2.31. The van der Waals surface area contributed by atoms with Gasteiger partial charge in [-0.1, -0.05) is 74.9 Å². The molecule has 2 nitrogen and oxygen atoms in total. The first kappa shape index (κ1) is 26.6. The number of rotatable bonds is 14. The number of fused-ring (bicyclic) bond motifs is 1. The molecule has 0 fully saturated rings. The number of unbranched alkanes of at least 4 members (excludes halogenated alkanes) is 3. The number of halogens is 2. The van der Waals surface area contributed by atoms with Crippen molar-refractivity contribution in [1.29, 1.82) is 0 Å². The molecule has 0 aliphatic carbocycles. The van der Waals surface area contributed by atoms with Crippen LogP contribution in [0.1, 0.15) is 57.9 Å². The smallest absolute Gasteiger partial charge is 0.167 e. The minimum atomic E-state index is -0.827. The zero-order chi connectivity index (χ0) is 25.0. The van der Waals surface area contributed by atoms with Crippen LogP contribution in [0.3, 0.4) is 0 Å². The number of allylic oxidation sites excluding steroid dienone is 1. The molecule has 0 aromatic heterocycles. The van der Waals surface area contributed by atoms with E-state index in [0.29, 0.717) is 12.2 Å². The molecule has 1 unspecified atom stereocenters. The third-order valence-electron chi connectivity index (χ3n) is 6.03. The monoisotopic (exact) mass is 478 g/mol. The molecule has 3 aromatic carbocycles.